The lowest BCUT2D eigenvalue weighted by Crippen LogP contribution is -2.49. The summed E-state index contributed by atoms with van der Waals surface area (Å²) in [4.78, 5) is 31.7. The zero-order valence-corrected chi connectivity index (χ0v) is 37.7. The summed E-state index contributed by atoms with van der Waals surface area (Å²) in [5, 5.41) is 19.1. The Morgan fingerprint density at radius 3 is 2.02 bits per heavy atom. The van der Waals surface area contributed by atoms with Crippen LogP contribution in [0.25, 0.3) is 32.7 Å². The highest BCUT2D eigenvalue weighted by atomic mass is 35.5. The maximum absolute atomic E-state index is 14.1. The highest BCUT2D eigenvalue weighted by Gasteiger charge is 2.28. The van der Waals surface area contributed by atoms with Gasteiger partial charge in [0.15, 0.2) is 5.96 Å². The van der Waals surface area contributed by atoms with E-state index in [-0.39, 0.29) is 49.2 Å². The molecular formula is C48H61Cl2N9O4. The molecule has 0 radical (unpaired) electrons. The number of carbonyl (C=O) groups is 2. The monoisotopic (exact) mass is 897 g/mol. The second-order valence-corrected chi connectivity index (χ2v) is 15.7. The summed E-state index contributed by atoms with van der Waals surface area (Å²) >= 11 is 0. The van der Waals surface area contributed by atoms with Crippen LogP contribution in [0.1, 0.15) is 69.7 Å². The van der Waals surface area contributed by atoms with Crippen molar-refractivity contribution in [1.82, 2.24) is 25.6 Å². The zero-order chi connectivity index (χ0) is 43.0. The normalized spacial score (nSPS) is 11.9. The predicted octanol–water partition coefficient (Wildman–Crippen LogP) is 7.67. The maximum atomic E-state index is 14.1. The first-order valence-electron chi connectivity index (χ1n) is 21.3. The minimum Gasteiger partial charge on any atom is -0.493 e. The third-order valence-electron chi connectivity index (χ3n) is 10.6. The Balaban J connectivity index is 0.00000436. The molecule has 1 aromatic heterocycles. The van der Waals surface area contributed by atoms with E-state index in [9.17, 15) is 9.59 Å². The molecule has 6 aromatic rings. The Bertz CT molecular complexity index is 2390. The van der Waals surface area contributed by atoms with Gasteiger partial charge in [0.05, 0.1) is 12.8 Å². The minimum absolute atomic E-state index is 0. The standard InChI is InChI=1S/C48H59N9O4.2ClH/c1-33(2)26-30-60-42-23-21-35-15-6-8-17-38(35)44(42)45-39-18-9-7-16-36(39)22-24-43(45)61-32-37-31-57(56-55-37)41(20-10-11-27-49)47(59)54-40(19-12-28-53-48(50)51)46(58)52-29-25-34-13-4-3-5-14-34;;/h3-9,13-18,21-24,31,33,40-41H,10-12,19-20,25-30,32,49H2,1-2H3,(H,52,58)(H,54,59)(H4,50,51,53);2*1H/t40-,41-;;/m1../s1. The van der Waals surface area contributed by atoms with Crippen LogP contribution in [0.4, 0.5) is 0 Å². The van der Waals surface area contributed by atoms with Crippen LogP contribution in [0.15, 0.2) is 114 Å². The summed E-state index contributed by atoms with van der Waals surface area (Å²) in [7, 11) is 0. The predicted molar refractivity (Wildman–Crippen MR) is 258 cm³/mol. The number of fused-ring (bicyclic) bond motifs is 2. The number of rotatable bonds is 23. The fraction of sp³-hybridized carbons (Fsp3) is 0.354. The van der Waals surface area contributed by atoms with E-state index in [2.05, 4.69) is 76.2 Å². The topological polar surface area (TPSA) is 198 Å². The lowest BCUT2D eigenvalue weighted by molar-refractivity contribution is -0.131. The molecule has 0 saturated carbocycles. The number of nitrogens with two attached hydrogens (primary N) is 3. The maximum Gasteiger partial charge on any atom is 0.245 e. The summed E-state index contributed by atoms with van der Waals surface area (Å²) < 4.78 is 14.7. The lowest BCUT2D eigenvalue weighted by Gasteiger charge is -2.22. The van der Waals surface area contributed by atoms with Crippen LogP contribution in [0.2, 0.25) is 0 Å². The van der Waals surface area contributed by atoms with Gasteiger partial charge in [0.1, 0.15) is 35.9 Å². The number of aromatic nitrogens is 3. The Morgan fingerprint density at radius 2 is 1.38 bits per heavy atom. The van der Waals surface area contributed by atoms with E-state index in [4.69, 9.17) is 26.7 Å². The molecule has 336 valence electrons. The van der Waals surface area contributed by atoms with Crippen LogP contribution in [-0.2, 0) is 22.6 Å². The number of nitrogens with one attached hydrogen (secondary N) is 2. The van der Waals surface area contributed by atoms with Crippen molar-refractivity contribution in [3.63, 3.8) is 0 Å². The van der Waals surface area contributed by atoms with E-state index >= 15 is 0 Å². The molecule has 0 bridgehead atoms. The van der Waals surface area contributed by atoms with Gasteiger partial charge in [-0.1, -0.05) is 110 Å². The van der Waals surface area contributed by atoms with Crippen LogP contribution < -0.4 is 37.3 Å². The van der Waals surface area contributed by atoms with Crippen molar-refractivity contribution in [3.05, 3.63) is 121 Å². The highest BCUT2D eigenvalue weighted by molar-refractivity contribution is 6.09. The number of halogens is 2. The van der Waals surface area contributed by atoms with Gasteiger partial charge in [0.25, 0.3) is 0 Å². The average Bonchev–Trinajstić information content (AvgIpc) is 3.74. The van der Waals surface area contributed by atoms with Gasteiger partial charge in [-0.15, -0.1) is 29.9 Å². The SMILES string of the molecule is CC(C)CCOc1ccc2ccccc2c1-c1c(OCc2cn([C@H](CCCCN)C(=O)N[C@H](CCCN=C(N)N)C(=O)NCCc3ccccc3)nn2)ccc2ccccc12.Cl.Cl. The summed E-state index contributed by atoms with van der Waals surface area (Å²) in [5.41, 5.74) is 20.4. The Morgan fingerprint density at radius 1 is 0.746 bits per heavy atom. The van der Waals surface area contributed by atoms with Gasteiger partial charge in [0, 0.05) is 24.2 Å². The Labute approximate surface area is 382 Å². The molecular weight excluding hydrogens is 837 g/mol. The second-order valence-electron chi connectivity index (χ2n) is 15.7. The molecule has 0 fully saturated rings. The number of hydrogen-bond acceptors (Lipinski definition) is 8. The molecule has 15 heteroatoms. The quantitative estimate of drug-likeness (QED) is 0.0244. The van der Waals surface area contributed by atoms with Gasteiger partial charge in [-0.2, -0.15) is 0 Å². The average molecular weight is 899 g/mol. The van der Waals surface area contributed by atoms with Crippen molar-refractivity contribution >= 4 is 64.1 Å². The lowest BCUT2D eigenvalue weighted by atomic mass is 9.92. The molecule has 0 aliphatic heterocycles. The van der Waals surface area contributed by atoms with Gasteiger partial charge < -0.3 is 37.3 Å². The molecule has 0 saturated heterocycles. The van der Waals surface area contributed by atoms with Crippen LogP contribution >= 0.6 is 24.8 Å². The first-order chi connectivity index (χ1) is 29.7. The van der Waals surface area contributed by atoms with Crippen LogP contribution in [0.5, 0.6) is 11.5 Å². The second kappa shape index (κ2) is 25.3. The molecule has 2 atom stereocenters. The molecule has 6 rings (SSSR count). The number of ether oxygens (including phenoxy) is 2. The number of carbonyl (C=O) groups excluding carboxylic acids is 2. The molecule has 8 N–H and O–H groups in total. The van der Waals surface area contributed by atoms with Crippen molar-refractivity contribution < 1.29 is 19.1 Å². The van der Waals surface area contributed by atoms with E-state index in [1.807, 2.05) is 66.7 Å². The molecule has 0 unspecified atom stereocenters. The Hall–Kier alpha value is -5.89. The fourth-order valence-corrected chi connectivity index (χ4v) is 7.35. The van der Waals surface area contributed by atoms with E-state index in [1.54, 1.807) is 10.9 Å². The number of aliphatic imine (C=N–C) groups is 1. The molecule has 2 amide bonds. The molecule has 13 nitrogen and oxygen atoms in total. The summed E-state index contributed by atoms with van der Waals surface area (Å²) in [6.45, 7) is 6.29. The van der Waals surface area contributed by atoms with Gasteiger partial charge in [-0.05, 0) is 96.6 Å². The number of hydrogen-bond donors (Lipinski definition) is 5. The third kappa shape index (κ3) is 14.1. The first kappa shape index (κ1) is 49.8. The van der Waals surface area contributed by atoms with Gasteiger partial charge in [-0.25, -0.2) is 4.68 Å². The van der Waals surface area contributed by atoms with Crippen LogP contribution in [0, 0.1) is 5.92 Å². The van der Waals surface area contributed by atoms with Gasteiger partial charge >= 0.3 is 0 Å². The molecule has 0 aliphatic rings. The van der Waals surface area contributed by atoms with Crippen molar-refractivity contribution in [1.29, 1.82) is 0 Å². The zero-order valence-electron chi connectivity index (χ0n) is 36.1. The first-order valence-corrected chi connectivity index (χ1v) is 21.3. The largest absolute Gasteiger partial charge is 0.493 e. The number of nitrogens with zero attached hydrogens (tertiary/aromatic N) is 4. The van der Waals surface area contributed by atoms with Gasteiger partial charge in [0.2, 0.25) is 11.8 Å². The number of guanidine groups is 1. The highest BCUT2D eigenvalue weighted by Crippen LogP contribution is 2.45. The smallest absolute Gasteiger partial charge is 0.245 e. The molecule has 0 spiro atoms. The van der Waals surface area contributed by atoms with Crippen LogP contribution in [0.3, 0.4) is 0 Å². The van der Waals surface area contributed by atoms with Gasteiger partial charge in [-0.3, -0.25) is 14.6 Å². The van der Waals surface area contributed by atoms with Crippen LogP contribution in [-0.4, -0.2) is 65.1 Å². The molecule has 5 aromatic carbocycles. The third-order valence-corrected chi connectivity index (χ3v) is 10.6. The summed E-state index contributed by atoms with van der Waals surface area (Å²) in [6.07, 6.45) is 5.97. The minimum atomic E-state index is -0.819. The Kier molecular flexibility index (Phi) is 20.0. The van der Waals surface area contributed by atoms with Crippen molar-refractivity contribution in [2.75, 3.05) is 26.2 Å². The summed E-state index contributed by atoms with van der Waals surface area (Å²) in [5.74, 6) is 1.29. The van der Waals surface area contributed by atoms with Crippen molar-refractivity contribution in [2.24, 2.45) is 28.1 Å². The molecule has 0 aliphatic carbocycles. The van der Waals surface area contributed by atoms with E-state index in [0.717, 1.165) is 56.8 Å². The van der Waals surface area contributed by atoms with E-state index in [1.165, 1.54) is 0 Å². The number of unbranched alkanes of at least 4 members (excludes halogenated alkanes) is 1. The van der Waals surface area contributed by atoms with Crippen molar-refractivity contribution in [2.45, 2.75) is 77.5 Å². The molecule has 1 heterocycles. The van der Waals surface area contributed by atoms with Crippen molar-refractivity contribution in [3.8, 4) is 22.6 Å². The number of benzene rings is 5. The fourth-order valence-electron chi connectivity index (χ4n) is 7.35. The van der Waals surface area contributed by atoms with E-state index < -0.39 is 12.1 Å². The van der Waals surface area contributed by atoms with E-state index in [0.29, 0.717) is 75.7 Å². The molecule has 63 heavy (non-hydrogen) atoms. The number of amides is 2. The summed E-state index contributed by atoms with van der Waals surface area (Å²) in [6, 6.07) is 33.1.